The monoisotopic (exact) mass is 1390 g/mol. The maximum Gasteiger partial charge on any atom is 0.326 e. The van der Waals surface area contributed by atoms with Crippen molar-refractivity contribution < 1.29 is 67.6 Å². The van der Waals surface area contributed by atoms with Gasteiger partial charge in [-0.15, -0.1) is 0 Å². The highest BCUT2D eigenvalue weighted by Crippen LogP contribution is 2.66. The first kappa shape index (κ1) is 80.0. The molecule has 8 rings (SSSR count). The highest BCUT2D eigenvalue weighted by atomic mass is 16.6. The Labute approximate surface area is 592 Å². The second-order valence-electron chi connectivity index (χ2n) is 35.4. The Morgan fingerprint density at radius 3 is 1.06 bits per heavy atom. The number of aliphatic hydroxyl groups is 2. The van der Waals surface area contributed by atoms with Gasteiger partial charge in [0.2, 0.25) is 23.6 Å². The number of amides is 10. The molecule has 6 fully saturated rings. The van der Waals surface area contributed by atoms with Gasteiger partial charge in [0.1, 0.15) is 48.5 Å². The lowest BCUT2D eigenvalue weighted by atomic mass is 9.79. The normalized spacial score (nSPS) is 23.3. The Bertz CT molecular complexity index is 3070. The number of piperidine rings is 2. The first-order valence-corrected chi connectivity index (χ1v) is 35.9. The average molecular weight is 1400 g/mol. The van der Waals surface area contributed by atoms with Crippen LogP contribution < -0.4 is 42.5 Å². The zero-order valence-corrected chi connectivity index (χ0v) is 63.0. The van der Waals surface area contributed by atoms with E-state index in [1.807, 2.05) is 144 Å². The second-order valence-corrected chi connectivity index (χ2v) is 35.4. The molecule has 2 aromatic carbocycles. The summed E-state index contributed by atoms with van der Waals surface area (Å²) in [7, 11) is 0. The molecule has 8 unspecified atom stereocenters. The number of hydrogen-bond donors (Lipinski definition) is 10. The highest BCUT2D eigenvalue weighted by molar-refractivity contribution is 5.96. The van der Waals surface area contributed by atoms with Gasteiger partial charge < -0.3 is 72.0 Å². The van der Waals surface area contributed by atoms with Crippen LogP contribution in [0.25, 0.3) is 0 Å². The fraction of sp³-hybridized carbons (Fsp3) is 0.711. The minimum atomic E-state index is -1.63. The Balaban J connectivity index is 0.000000281. The summed E-state index contributed by atoms with van der Waals surface area (Å²) in [5, 5.41) is 44.9. The van der Waals surface area contributed by atoms with Crippen LogP contribution in [-0.2, 0) is 59.0 Å². The van der Waals surface area contributed by atoms with E-state index in [-0.39, 0.29) is 58.2 Å². The van der Waals surface area contributed by atoms with E-state index in [9.17, 15) is 58.2 Å². The van der Waals surface area contributed by atoms with Crippen molar-refractivity contribution in [1.29, 1.82) is 0 Å². The topological polar surface area (TPSA) is 332 Å². The molecular weight excluding hydrogens is 1280 g/mol. The van der Waals surface area contributed by atoms with Gasteiger partial charge in [-0.2, -0.15) is 0 Å². The quantitative estimate of drug-likeness (QED) is 0.0464. The second kappa shape index (κ2) is 30.7. The lowest BCUT2D eigenvalue weighted by Gasteiger charge is -2.39. The Hall–Kier alpha value is -7.34. The van der Waals surface area contributed by atoms with Gasteiger partial charge in [-0.3, -0.25) is 38.4 Å². The maximum absolute atomic E-state index is 14.2. The first-order chi connectivity index (χ1) is 46.0. The van der Waals surface area contributed by atoms with E-state index in [0.29, 0.717) is 25.9 Å². The third kappa shape index (κ3) is 20.0. The van der Waals surface area contributed by atoms with E-state index in [4.69, 9.17) is 9.47 Å². The summed E-state index contributed by atoms with van der Waals surface area (Å²) in [6, 6.07) is 12.2. The van der Waals surface area contributed by atoms with Crippen LogP contribution in [0.15, 0.2) is 60.7 Å². The van der Waals surface area contributed by atoms with Gasteiger partial charge in [-0.1, -0.05) is 168 Å². The van der Waals surface area contributed by atoms with Crippen LogP contribution in [0.4, 0.5) is 9.59 Å². The summed E-state index contributed by atoms with van der Waals surface area (Å²) in [5.41, 5.74) is -2.98. The SMILES string of the molecule is CC(C)(C)NC(=O)N[C@H](C(=O)N1CC2C([C@H]1C(=O)NC(CC1CCC1)C(O)C(=O)NCC(=O)OC(C)(C)c1ccccc1)C2(C)C)C(C)(C)C.CC(C)(C)NC(=O)N[C@H](C(=O)N1CC2C([C@H]1C(=O)NC(CC1CCC1)C(O)C(=O)NCC(=O)OC(C)(C)c1ccccc1)C2(C)C)C(C)(C)C. The van der Waals surface area contributed by atoms with Crippen molar-refractivity contribution in [2.24, 2.45) is 57.2 Å². The van der Waals surface area contributed by atoms with Gasteiger partial charge in [-0.25, -0.2) is 9.59 Å². The smallest absolute Gasteiger partial charge is 0.326 e. The lowest BCUT2D eigenvalue weighted by molar-refractivity contribution is -0.158. The Morgan fingerprint density at radius 2 is 0.790 bits per heavy atom. The van der Waals surface area contributed by atoms with Crippen molar-refractivity contribution in [2.45, 2.75) is 261 Å². The van der Waals surface area contributed by atoms with Crippen LogP contribution in [0.3, 0.4) is 0 Å². The van der Waals surface area contributed by atoms with Gasteiger partial charge in [-0.05, 0) is 150 Å². The van der Waals surface area contributed by atoms with Gasteiger partial charge in [0.25, 0.3) is 11.8 Å². The fourth-order valence-electron chi connectivity index (χ4n) is 14.8. The summed E-state index contributed by atoms with van der Waals surface area (Å²) < 4.78 is 11.3. The third-order valence-electron chi connectivity index (χ3n) is 21.3. The summed E-state index contributed by atoms with van der Waals surface area (Å²) in [6.07, 6.45) is 3.23. The molecule has 4 saturated carbocycles. The first-order valence-electron chi connectivity index (χ1n) is 35.9. The summed E-state index contributed by atoms with van der Waals surface area (Å²) >= 11 is 0. The molecule has 4 aliphatic carbocycles. The van der Waals surface area contributed by atoms with Crippen molar-refractivity contribution in [3.8, 4) is 0 Å². The van der Waals surface area contributed by atoms with E-state index in [1.54, 1.807) is 37.5 Å². The minimum absolute atomic E-state index is 0.0932. The molecule has 2 saturated heterocycles. The Morgan fingerprint density at radius 1 is 0.480 bits per heavy atom. The number of urea groups is 2. The number of nitrogens with zero attached hydrogens (tertiary/aromatic N) is 2. The van der Waals surface area contributed by atoms with E-state index in [2.05, 4.69) is 70.2 Å². The molecule has 24 heteroatoms. The molecule has 100 heavy (non-hydrogen) atoms. The lowest BCUT2D eigenvalue weighted by Crippen LogP contribution is -2.62. The van der Waals surface area contributed by atoms with E-state index in [1.165, 1.54) is 0 Å². The van der Waals surface area contributed by atoms with Crippen molar-refractivity contribution in [3.05, 3.63) is 71.8 Å². The van der Waals surface area contributed by atoms with Crippen molar-refractivity contribution in [1.82, 2.24) is 52.3 Å². The molecule has 6 aliphatic rings. The molecule has 0 bridgehead atoms. The number of rotatable bonds is 24. The maximum atomic E-state index is 14.2. The molecule has 556 valence electrons. The Kier molecular flexibility index (Phi) is 24.6. The van der Waals surface area contributed by atoms with Gasteiger partial charge in [0, 0.05) is 24.2 Å². The van der Waals surface area contributed by atoms with Crippen LogP contribution >= 0.6 is 0 Å². The molecule has 2 aromatic rings. The van der Waals surface area contributed by atoms with E-state index < -0.39 is 142 Å². The number of ether oxygens (including phenoxy) is 2. The molecule has 24 nitrogen and oxygen atoms in total. The number of fused-ring (bicyclic) bond motifs is 2. The number of carbonyl (C=O) groups excluding carboxylic acids is 10. The molecule has 10 N–H and O–H groups in total. The van der Waals surface area contributed by atoms with E-state index >= 15 is 0 Å². The largest absolute Gasteiger partial charge is 0.453 e. The van der Waals surface area contributed by atoms with Crippen LogP contribution in [0.1, 0.15) is 201 Å². The van der Waals surface area contributed by atoms with Crippen LogP contribution in [-0.4, -0.2) is 165 Å². The number of likely N-dealkylation sites (tertiary alicyclic amines) is 2. The average Bonchev–Trinajstić information content (AvgIpc) is 1.53. The van der Waals surface area contributed by atoms with Gasteiger partial charge in [0.15, 0.2) is 12.2 Å². The predicted molar refractivity (Wildman–Crippen MR) is 379 cm³/mol. The van der Waals surface area contributed by atoms with Crippen LogP contribution in [0.2, 0.25) is 0 Å². The third-order valence-corrected chi connectivity index (χ3v) is 21.3. The molecule has 0 spiro atoms. The number of aliphatic hydroxyl groups excluding tert-OH is 2. The molecule has 2 heterocycles. The standard InChI is InChI=1S/2C38H59N5O7/c2*1-35(2,3)30(41-34(49)42-36(4,5)6)33(48)43-21-24-27(37(24,7)8)28(43)31(46)40-25(19-22-15-14-16-22)29(45)32(47)39-20-26(44)50-38(9,10)23-17-12-11-13-18-23/h2*11-13,17-18,22,24-25,27-30,45H,14-16,19-21H2,1-10H3,(H,39,47)(H,40,46)(H2,41,42,49)/t2*24?,25?,27?,28-,29?,30+/m00/s1. The molecule has 0 radical (unpaired) electrons. The predicted octanol–water partition coefficient (Wildman–Crippen LogP) is 7.22. The van der Waals surface area contributed by atoms with Crippen molar-refractivity contribution in [2.75, 3.05) is 26.2 Å². The van der Waals surface area contributed by atoms with Gasteiger partial charge >= 0.3 is 24.0 Å². The number of hydrogen-bond acceptors (Lipinski definition) is 14. The zero-order chi connectivity index (χ0) is 74.8. The minimum Gasteiger partial charge on any atom is -0.453 e. The summed E-state index contributed by atoms with van der Waals surface area (Å²) in [4.78, 5) is 138. The molecule has 0 aromatic heterocycles. The molecular formula is C76H118N10O14. The molecule has 12 atom stereocenters. The van der Waals surface area contributed by atoms with Crippen molar-refractivity contribution >= 4 is 59.4 Å². The van der Waals surface area contributed by atoms with Gasteiger partial charge in [0.05, 0.1) is 12.1 Å². The van der Waals surface area contributed by atoms with Crippen LogP contribution in [0, 0.1) is 57.2 Å². The highest BCUT2D eigenvalue weighted by Gasteiger charge is 2.71. The molecule has 10 amide bonds. The fourth-order valence-corrected chi connectivity index (χ4v) is 14.8. The van der Waals surface area contributed by atoms with Crippen molar-refractivity contribution in [3.63, 3.8) is 0 Å². The van der Waals surface area contributed by atoms with E-state index in [0.717, 1.165) is 49.7 Å². The molecule has 2 aliphatic heterocycles. The zero-order valence-electron chi connectivity index (χ0n) is 63.0. The summed E-state index contributed by atoms with van der Waals surface area (Å²) in [5.74, 6) is -4.11. The number of nitrogens with one attached hydrogen (secondary N) is 8. The number of carbonyl (C=O) groups is 10. The number of benzene rings is 2. The number of esters is 2. The summed E-state index contributed by atoms with van der Waals surface area (Å²) in [6.45, 7) is 37.4. The van der Waals surface area contributed by atoms with Crippen LogP contribution in [0.5, 0.6) is 0 Å².